The highest BCUT2D eigenvalue weighted by Gasteiger charge is 2.21. The molecule has 0 spiro atoms. The molecule has 0 bridgehead atoms. The van der Waals surface area contributed by atoms with Crippen LogP contribution < -0.4 is 5.32 Å². The zero-order chi connectivity index (χ0) is 18.9. The molecule has 7 heteroatoms. The molecule has 6 nitrogen and oxygen atoms in total. The maximum atomic E-state index is 13.8. The summed E-state index contributed by atoms with van der Waals surface area (Å²) in [7, 11) is 0. The molecule has 2 rings (SSSR count). The Bertz CT molecular complexity index is 738. The third-order valence-corrected chi connectivity index (χ3v) is 3.77. The van der Waals surface area contributed by atoms with Crippen molar-refractivity contribution in [3.63, 3.8) is 0 Å². The fraction of sp³-hybridized carbons (Fsp3) is 0.263. The van der Waals surface area contributed by atoms with Crippen molar-refractivity contribution in [3.05, 3.63) is 71.0 Å². The minimum atomic E-state index is -1.47. The quantitative estimate of drug-likeness (QED) is 0.627. The molecule has 0 saturated carbocycles. The van der Waals surface area contributed by atoms with Crippen LogP contribution in [0.5, 0.6) is 0 Å². The van der Waals surface area contributed by atoms with Gasteiger partial charge in [0, 0.05) is 17.7 Å². The van der Waals surface area contributed by atoms with Gasteiger partial charge in [0.15, 0.2) is 0 Å². The molecule has 1 amide bonds. The normalized spacial score (nSPS) is 12.9. The maximum absolute atomic E-state index is 13.8. The number of nitrogens with one attached hydrogen (secondary N) is 1. The fourth-order valence-corrected chi connectivity index (χ4v) is 2.32. The Balaban J connectivity index is 1.76. The molecule has 0 aliphatic rings. The Morgan fingerprint density at radius 2 is 1.92 bits per heavy atom. The number of halogens is 1. The Kier molecular flexibility index (Phi) is 7.25. The lowest BCUT2D eigenvalue weighted by Crippen LogP contribution is -2.30. The van der Waals surface area contributed by atoms with Crippen LogP contribution in [0.1, 0.15) is 34.0 Å². The van der Waals surface area contributed by atoms with Crippen molar-refractivity contribution in [2.45, 2.75) is 25.2 Å². The van der Waals surface area contributed by atoms with E-state index in [2.05, 4.69) is 5.32 Å². The second kappa shape index (κ2) is 9.65. The van der Waals surface area contributed by atoms with Crippen molar-refractivity contribution >= 4 is 12.4 Å². The average Bonchev–Trinajstić information content (AvgIpc) is 2.66. The van der Waals surface area contributed by atoms with E-state index in [1.54, 1.807) is 0 Å². The maximum Gasteiger partial charge on any atom is 0.407 e. The number of carbonyl (C=O) groups is 2. The third kappa shape index (κ3) is 5.65. The standard InChI is InChI=1S/C19H20FNO5/c20-16-10-14(11-22)6-7-15(16)18(24)17(23)8-9-21-19(25)26-12-13-4-2-1-3-5-13/h1-7,10-11,17-18,23-24H,8-9,12H2,(H,21,25). The predicted molar refractivity (Wildman–Crippen MR) is 92.0 cm³/mol. The van der Waals surface area contributed by atoms with Gasteiger partial charge in [-0.15, -0.1) is 0 Å². The number of ether oxygens (including phenoxy) is 1. The van der Waals surface area contributed by atoms with E-state index in [-0.39, 0.29) is 30.7 Å². The van der Waals surface area contributed by atoms with E-state index in [9.17, 15) is 24.2 Å². The van der Waals surface area contributed by atoms with Gasteiger partial charge < -0.3 is 20.3 Å². The smallest absolute Gasteiger partial charge is 0.407 e. The van der Waals surface area contributed by atoms with Crippen molar-refractivity contribution in [3.8, 4) is 0 Å². The SMILES string of the molecule is O=Cc1ccc(C(O)C(O)CCNC(=O)OCc2ccccc2)c(F)c1. The van der Waals surface area contributed by atoms with Crippen LogP contribution in [0.2, 0.25) is 0 Å². The Hall–Kier alpha value is -2.77. The summed E-state index contributed by atoms with van der Waals surface area (Å²) in [5.41, 5.74) is 0.859. The zero-order valence-corrected chi connectivity index (χ0v) is 14.0. The highest BCUT2D eigenvalue weighted by molar-refractivity contribution is 5.74. The van der Waals surface area contributed by atoms with E-state index in [0.717, 1.165) is 11.6 Å². The van der Waals surface area contributed by atoms with E-state index in [0.29, 0.717) is 6.29 Å². The first kappa shape index (κ1) is 19.6. The molecule has 2 aromatic carbocycles. The second-order valence-corrected chi connectivity index (χ2v) is 5.69. The number of aliphatic hydroxyl groups excluding tert-OH is 2. The van der Waals surface area contributed by atoms with Gasteiger partial charge in [-0.05, 0) is 18.1 Å². The summed E-state index contributed by atoms with van der Waals surface area (Å²) in [5.74, 6) is -0.781. The van der Waals surface area contributed by atoms with Crippen LogP contribution in [-0.2, 0) is 11.3 Å². The highest BCUT2D eigenvalue weighted by Crippen LogP contribution is 2.22. The molecule has 0 fully saturated rings. The lowest BCUT2D eigenvalue weighted by Gasteiger charge is -2.19. The van der Waals surface area contributed by atoms with Crippen LogP contribution in [0, 0.1) is 5.82 Å². The first-order valence-electron chi connectivity index (χ1n) is 8.06. The molecule has 0 saturated heterocycles. The molecule has 0 aromatic heterocycles. The van der Waals surface area contributed by atoms with Crippen molar-refractivity contribution in [1.82, 2.24) is 5.32 Å². The number of alkyl carbamates (subject to hydrolysis) is 1. The number of carbonyl (C=O) groups excluding carboxylic acids is 2. The Morgan fingerprint density at radius 1 is 1.19 bits per heavy atom. The van der Waals surface area contributed by atoms with Gasteiger partial charge in [-0.25, -0.2) is 9.18 Å². The predicted octanol–water partition coefficient (Wildman–Crippen LogP) is 2.35. The van der Waals surface area contributed by atoms with Crippen LogP contribution in [0.3, 0.4) is 0 Å². The highest BCUT2D eigenvalue weighted by atomic mass is 19.1. The van der Waals surface area contributed by atoms with Gasteiger partial charge in [-0.2, -0.15) is 0 Å². The summed E-state index contributed by atoms with van der Waals surface area (Å²) < 4.78 is 18.9. The van der Waals surface area contributed by atoms with E-state index in [1.807, 2.05) is 30.3 Å². The van der Waals surface area contributed by atoms with Gasteiger partial charge in [0.25, 0.3) is 0 Å². The monoisotopic (exact) mass is 361 g/mol. The molecule has 138 valence electrons. The van der Waals surface area contributed by atoms with E-state index in [4.69, 9.17) is 4.74 Å². The van der Waals surface area contributed by atoms with E-state index >= 15 is 0 Å². The number of hydrogen-bond acceptors (Lipinski definition) is 5. The molecular formula is C19H20FNO5. The van der Waals surface area contributed by atoms with Gasteiger partial charge >= 0.3 is 6.09 Å². The fourth-order valence-electron chi connectivity index (χ4n) is 2.32. The van der Waals surface area contributed by atoms with E-state index < -0.39 is 24.1 Å². The average molecular weight is 361 g/mol. The van der Waals surface area contributed by atoms with Crippen molar-refractivity contribution in [1.29, 1.82) is 0 Å². The molecular weight excluding hydrogens is 341 g/mol. The minimum Gasteiger partial charge on any atom is -0.445 e. The summed E-state index contributed by atoms with van der Waals surface area (Å²) in [6.45, 7) is 0.159. The number of benzene rings is 2. The number of aldehydes is 1. The number of aliphatic hydroxyl groups is 2. The van der Waals surface area contributed by atoms with Crippen molar-refractivity contribution < 1.29 is 28.9 Å². The summed E-state index contributed by atoms with van der Waals surface area (Å²) in [6, 6.07) is 12.7. The summed E-state index contributed by atoms with van der Waals surface area (Å²) in [5, 5.41) is 22.4. The molecule has 0 heterocycles. The topological polar surface area (TPSA) is 95.9 Å². The van der Waals surface area contributed by atoms with Gasteiger partial charge in [0.1, 0.15) is 24.8 Å². The summed E-state index contributed by atoms with van der Waals surface area (Å²) in [6.07, 6.45) is -2.94. The molecule has 2 unspecified atom stereocenters. The number of amides is 1. The molecule has 0 aliphatic carbocycles. The molecule has 2 atom stereocenters. The Morgan fingerprint density at radius 3 is 2.58 bits per heavy atom. The summed E-state index contributed by atoms with van der Waals surface area (Å²) in [4.78, 5) is 22.2. The van der Waals surface area contributed by atoms with Gasteiger partial charge in [-0.1, -0.05) is 42.5 Å². The lowest BCUT2D eigenvalue weighted by molar-refractivity contribution is 0.0116. The first-order valence-corrected chi connectivity index (χ1v) is 8.06. The van der Waals surface area contributed by atoms with Gasteiger partial charge in [0.05, 0.1) is 6.10 Å². The largest absolute Gasteiger partial charge is 0.445 e. The minimum absolute atomic E-state index is 0.00350. The molecule has 0 aliphatic heterocycles. The Labute approximate surface area is 150 Å². The molecule has 3 N–H and O–H groups in total. The van der Waals surface area contributed by atoms with E-state index in [1.165, 1.54) is 12.1 Å². The van der Waals surface area contributed by atoms with Crippen LogP contribution in [0.25, 0.3) is 0 Å². The van der Waals surface area contributed by atoms with Crippen LogP contribution >= 0.6 is 0 Å². The van der Waals surface area contributed by atoms with Crippen molar-refractivity contribution in [2.24, 2.45) is 0 Å². The summed E-state index contributed by atoms with van der Waals surface area (Å²) >= 11 is 0. The van der Waals surface area contributed by atoms with Crippen molar-refractivity contribution in [2.75, 3.05) is 6.54 Å². The van der Waals surface area contributed by atoms with Crippen LogP contribution in [0.4, 0.5) is 9.18 Å². The first-order chi connectivity index (χ1) is 12.5. The molecule has 0 radical (unpaired) electrons. The number of rotatable bonds is 8. The molecule has 26 heavy (non-hydrogen) atoms. The number of hydrogen-bond donors (Lipinski definition) is 3. The second-order valence-electron chi connectivity index (χ2n) is 5.69. The molecule has 2 aromatic rings. The van der Waals surface area contributed by atoms with Crippen LogP contribution in [-0.4, -0.2) is 35.2 Å². The van der Waals surface area contributed by atoms with Gasteiger partial charge in [-0.3, -0.25) is 4.79 Å². The lowest BCUT2D eigenvalue weighted by atomic mass is 10.0. The van der Waals surface area contributed by atoms with Crippen LogP contribution in [0.15, 0.2) is 48.5 Å². The zero-order valence-electron chi connectivity index (χ0n) is 14.0. The third-order valence-electron chi connectivity index (χ3n) is 3.77. The van der Waals surface area contributed by atoms with Gasteiger partial charge in [0.2, 0.25) is 0 Å².